The first kappa shape index (κ1) is 97.6. The summed E-state index contributed by atoms with van der Waals surface area (Å²) in [5.41, 5.74) is 28.9. The molecule has 0 atom stereocenters. The molecule has 0 amide bonds. The van der Waals surface area contributed by atoms with Crippen LogP contribution < -0.4 is 34.7 Å². The van der Waals surface area contributed by atoms with Gasteiger partial charge in [-0.05, 0) is 210 Å². The number of anilines is 8. The Morgan fingerprint density at radius 1 is 0.269 bits per heavy atom. The van der Waals surface area contributed by atoms with Crippen molar-refractivity contribution in [3.05, 3.63) is 249 Å². The standard InChI is InChI=1S/C18H21N.C17H21NSi.C15H15NO.C15H15NS.C15H15N.10C2H6/c1-12-6-8-16-14(10-12)18(3,4)15-11-13(2)7-9-17(15)19(16)5;1-12-6-8-14-16(10-12)19(4,5)17-11-13(2)7-9-15(17)18(14)3;2*1-10-4-6-12-14(8-10)17-15-9-11(2)5-7-13(15)16(12)3;1-10-4-6-14-12(8-10)13-9-11(2)5-7-15(13)16(14)3;10*1-2/h2*6-11H,1-5H3;2*4-9H,1-3H3;4-9H,1-3H3;10*1-2H3. The van der Waals surface area contributed by atoms with Gasteiger partial charge in [0, 0.05) is 95.0 Å². The van der Waals surface area contributed by atoms with E-state index in [1.807, 2.05) is 150 Å². The van der Waals surface area contributed by atoms with Crippen molar-refractivity contribution in [3.8, 4) is 11.5 Å². The van der Waals surface area contributed by atoms with Crippen molar-refractivity contribution < 1.29 is 4.74 Å². The summed E-state index contributed by atoms with van der Waals surface area (Å²) in [5, 5.41) is 5.85. The lowest BCUT2D eigenvalue weighted by molar-refractivity contribution is 0.475. The molecule has 0 aliphatic carbocycles. The number of hydrogen-bond acceptors (Lipinski definition) is 6. The number of rotatable bonds is 0. The van der Waals surface area contributed by atoms with Crippen LogP contribution in [0.1, 0.15) is 219 Å². The molecule has 11 aromatic rings. The van der Waals surface area contributed by atoms with E-state index in [1.54, 1.807) is 10.4 Å². The number of benzene rings is 10. The Balaban J connectivity index is 0.000000637. The van der Waals surface area contributed by atoms with Crippen molar-refractivity contribution in [1.29, 1.82) is 0 Å². The van der Waals surface area contributed by atoms with Crippen LogP contribution in [0.4, 0.5) is 45.5 Å². The number of ether oxygens (including phenoxy) is 1. The van der Waals surface area contributed by atoms with E-state index in [0.717, 1.165) is 22.9 Å². The van der Waals surface area contributed by atoms with Crippen molar-refractivity contribution in [3.63, 3.8) is 0 Å². The molecule has 1 aromatic heterocycles. The first-order valence-electron chi connectivity index (χ1n) is 40.9. The number of fused-ring (bicyclic) bond motifs is 11. The van der Waals surface area contributed by atoms with E-state index in [2.05, 4.69) is 338 Å². The van der Waals surface area contributed by atoms with Gasteiger partial charge in [0.2, 0.25) is 0 Å². The topological polar surface area (TPSA) is 27.1 Å². The fourth-order valence-corrected chi connectivity index (χ4v) is 17.8. The average molecular weight is 1500 g/mol. The van der Waals surface area contributed by atoms with Gasteiger partial charge in [-0.3, -0.25) is 0 Å². The van der Waals surface area contributed by atoms with Crippen LogP contribution in [0, 0.1) is 69.2 Å². The second kappa shape index (κ2) is 47.5. The number of aryl methyl sites for hydroxylation is 11. The molecule has 0 saturated carbocycles. The summed E-state index contributed by atoms with van der Waals surface area (Å²) in [5.74, 6) is 1.87. The lowest BCUT2D eigenvalue weighted by atomic mass is 9.73. The van der Waals surface area contributed by atoms with E-state index in [9.17, 15) is 0 Å². The highest BCUT2D eigenvalue weighted by atomic mass is 32.2. The Morgan fingerprint density at radius 2 is 0.500 bits per heavy atom. The van der Waals surface area contributed by atoms with Gasteiger partial charge >= 0.3 is 0 Å². The summed E-state index contributed by atoms with van der Waals surface area (Å²) in [6.45, 7) is 71.1. The summed E-state index contributed by atoms with van der Waals surface area (Å²) in [6, 6.07) is 66.5. The molecule has 0 spiro atoms. The van der Waals surface area contributed by atoms with E-state index in [0.29, 0.717) is 0 Å². The van der Waals surface area contributed by atoms with Crippen LogP contribution in [0.3, 0.4) is 0 Å². The van der Waals surface area contributed by atoms with Crippen LogP contribution in [0.2, 0.25) is 13.1 Å². The largest absolute Gasteiger partial charge is 0.453 e. The molecule has 0 fully saturated rings. The Bertz CT molecular complexity index is 4020. The monoisotopic (exact) mass is 1490 g/mol. The minimum Gasteiger partial charge on any atom is -0.453 e. The minimum absolute atomic E-state index is 0.0647. The molecular formula is C100H147N5OSSi. The summed E-state index contributed by atoms with van der Waals surface area (Å²) < 4.78 is 8.24. The maximum atomic E-state index is 5.97. The fraction of sp³-hybridized carbons (Fsp3) is 0.400. The third-order valence-corrected chi connectivity index (χ3v) is 23.0. The lowest BCUT2D eigenvalue weighted by Gasteiger charge is -2.40. The SMILES string of the molecule is CC.CC.CC.CC.CC.CC.CC.CC.CC.CC.Cc1ccc2c(c1)C(C)(C)c1cc(C)ccc1N2C.Cc1ccc2c(c1)Oc1cc(C)ccc1N2C.Cc1ccc2c(c1)Sc1cc(C)ccc1N2C.Cc1ccc2c(c1)[Si](C)(C)c1cc(C)ccc1N2C.Cc1ccc2c(c1)c1cc(C)ccc1n2C. The van der Waals surface area contributed by atoms with Gasteiger partial charge in [0.15, 0.2) is 11.5 Å². The highest BCUT2D eigenvalue weighted by Gasteiger charge is 2.38. The van der Waals surface area contributed by atoms with Gasteiger partial charge in [0.05, 0.1) is 22.7 Å². The van der Waals surface area contributed by atoms with Gasteiger partial charge in [-0.15, -0.1) is 0 Å². The second-order valence-corrected chi connectivity index (χ2v) is 31.7. The van der Waals surface area contributed by atoms with Crippen LogP contribution in [-0.2, 0) is 12.5 Å². The van der Waals surface area contributed by atoms with Crippen LogP contribution in [0.5, 0.6) is 11.5 Å². The molecule has 0 unspecified atom stereocenters. The second-order valence-electron chi connectivity index (χ2n) is 26.3. The zero-order valence-corrected chi connectivity index (χ0v) is 77.2. The molecule has 0 radical (unpaired) electrons. The van der Waals surface area contributed by atoms with Crippen molar-refractivity contribution in [2.75, 3.05) is 47.8 Å². The Hall–Kier alpha value is -8.43. The number of aromatic nitrogens is 1. The molecule has 5 heterocycles. The average Bonchev–Trinajstić information content (AvgIpc) is 0.982. The predicted octanol–water partition coefficient (Wildman–Crippen LogP) is 30.8. The van der Waals surface area contributed by atoms with Gasteiger partial charge in [-0.1, -0.05) is 295 Å². The van der Waals surface area contributed by atoms with Crippen molar-refractivity contribution in [1.82, 2.24) is 4.57 Å². The van der Waals surface area contributed by atoms with E-state index in [1.165, 1.54) is 132 Å². The van der Waals surface area contributed by atoms with Crippen LogP contribution >= 0.6 is 11.8 Å². The summed E-state index contributed by atoms with van der Waals surface area (Å²) in [7, 11) is 9.12. The van der Waals surface area contributed by atoms with Crippen molar-refractivity contribution >= 4 is 97.5 Å². The molecule has 4 aliphatic rings. The van der Waals surface area contributed by atoms with E-state index in [4.69, 9.17) is 4.74 Å². The molecule has 4 aliphatic heterocycles. The first-order chi connectivity index (χ1) is 51.8. The Morgan fingerprint density at radius 3 is 0.833 bits per heavy atom. The third-order valence-electron chi connectivity index (χ3n) is 18.4. The molecule has 0 saturated heterocycles. The minimum atomic E-state index is -1.58. The van der Waals surface area contributed by atoms with Gasteiger partial charge in [-0.25, -0.2) is 0 Å². The van der Waals surface area contributed by atoms with E-state index < -0.39 is 8.07 Å². The van der Waals surface area contributed by atoms with Crippen molar-refractivity contribution in [2.45, 2.75) is 250 Å². The van der Waals surface area contributed by atoms with Crippen molar-refractivity contribution in [2.24, 2.45) is 7.05 Å². The summed E-state index contributed by atoms with van der Waals surface area (Å²) in [6.07, 6.45) is 0. The molecule has 0 bridgehead atoms. The quantitative estimate of drug-likeness (QED) is 0.141. The number of nitrogens with zero attached hydrogens (tertiary/aromatic N) is 5. The Labute approximate surface area is 667 Å². The highest BCUT2D eigenvalue weighted by molar-refractivity contribution is 7.99. The molecule has 0 N–H and O–H groups in total. The summed E-state index contributed by atoms with van der Waals surface area (Å²) in [4.78, 5) is 11.8. The van der Waals surface area contributed by atoms with E-state index in [-0.39, 0.29) is 5.41 Å². The van der Waals surface area contributed by atoms with Gasteiger partial charge in [0.1, 0.15) is 8.07 Å². The predicted molar refractivity (Wildman–Crippen MR) is 498 cm³/mol. The van der Waals surface area contributed by atoms with Crippen LogP contribution in [0.15, 0.2) is 192 Å². The molecule has 6 nitrogen and oxygen atoms in total. The molecule has 10 aromatic carbocycles. The highest BCUT2D eigenvalue weighted by Crippen LogP contribution is 2.50. The fourth-order valence-electron chi connectivity index (χ4n) is 13.2. The van der Waals surface area contributed by atoms with Gasteiger partial charge < -0.3 is 28.9 Å². The summed E-state index contributed by atoms with van der Waals surface area (Å²) >= 11 is 1.87. The molecule has 15 rings (SSSR count). The maximum absolute atomic E-state index is 5.97. The zero-order valence-electron chi connectivity index (χ0n) is 75.4. The lowest BCUT2D eigenvalue weighted by Crippen LogP contribution is -2.58. The Kier molecular flexibility index (Phi) is 42.9. The van der Waals surface area contributed by atoms with Crippen LogP contribution in [0.25, 0.3) is 21.8 Å². The first-order valence-corrected chi connectivity index (χ1v) is 44.7. The smallest absolute Gasteiger partial charge is 0.151 e. The normalized spacial score (nSPS) is 12.0. The maximum Gasteiger partial charge on any atom is 0.151 e. The third kappa shape index (κ3) is 23.3. The van der Waals surface area contributed by atoms with Gasteiger partial charge in [-0.2, -0.15) is 0 Å². The molecule has 588 valence electrons. The van der Waals surface area contributed by atoms with Crippen LogP contribution in [-0.4, -0.2) is 40.8 Å². The molecular weight excluding hydrogens is 1350 g/mol. The van der Waals surface area contributed by atoms with E-state index >= 15 is 0 Å². The van der Waals surface area contributed by atoms with Gasteiger partial charge in [0.25, 0.3) is 0 Å². The molecule has 8 heteroatoms. The number of hydrogen-bond donors (Lipinski definition) is 0. The zero-order chi connectivity index (χ0) is 82.8. The molecule has 108 heavy (non-hydrogen) atoms.